The van der Waals surface area contributed by atoms with Gasteiger partial charge in [0.05, 0.1) is 12.2 Å². The number of aryl methyl sites for hydroxylation is 1. The lowest BCUT2D eigenvalue weighted by molar-refractivity contribution is 0.693. The maximum absolute atomic E-state index is 5.46. The van der Waals surface area contributed by atoms with Gasteiger partial charge < -0.3 is 0 Å². The van der Waals surface area contributed by atoms with Crippen molar-refractivity contribution in [1.29, 1.82) is 0 Å². The van der Waals surface area contributed by atoms with Gasteiger partial charge in [0.2, 0.25) is 0 Å². The van der Waals surface area contributed by atoms with Crippen LogP contribution < -0.4 is 0 Å². The molecule has 0 unspecified atom stereocenters. The normalized spacial score (nSPS) is 11.1. The van der Waals surface area contributed by atoms with Crippen LogP contribution in [0.15, 0.2) is 24.4 Å². The number of nitrogens with zero attached hydrogens (tertiary/aromatic N) is 2. The zero-order valence-electron chi connectivity index (χ0n) is 6.50. The van der Waals surface area contributed by atoms with Crippen LogP contribution in [0, 0.1) is 6.92 Å². The van der Waals surface area contributed by atoms with Crippen molar-refractivity contribution in [2.24, 2.45) is 0 Å². The van der Waals surface area contributed by atoms with Gasteiger partial charge in [-0.25, -0.2) is 0 Å². The molecule has 1 rings (SSSR count). The highest BCUT2D eigenvalue weighted by Crippen LogP contribution is 1.92. The molecule has 11 heavy (non-hydrogen) atoms. The summed E-state index contributed by atoms with van der Waals surface area (Å²) < 4.78 is 1.87. The number of allylic oxidation sites excluding steroid dienone is 2. The van der Waals surface area contributed by atoms with Gasteiger partial charge >= 0.3 is 0 Å². The van der Waals surface area contributed by atoms with Gasteiger partial charge in [-0.3, -0.25) is 4.68 Å². The van der Waals surface area contributed by atoms with Gasteiger partial charge in [0, 0.05) is 12.1 Å². The van der Waals surface area contributed by atoms with Crippen molar-refractivity contribution in [3.63, 3.8) is 0 Å². The molecule has 1 aromatic rings. The lowest BCUT2D eigenvalue weighted by atomic mass is 10.5. The van der Waals surface area contributed by atoms with Crippen molar-refractivity contribution in [2.45, 2.75) is 13.5 Å². The van der Waals surface area contributed by atoms with Gasteiger partial charge in [0.25, 0.3) is 0 Å². The Hall–Kier alpha value is -0.760. The molecule has 0 saturated heterocycles. The Morgan fingerprint density at radius 1 is 1.64 bits per heavy atom. The van der Waals surface area contributed by atoms with E-state index in [1.807, 2.05) is 36.0 Å². The molecule has 0 aliphatic heterocycles. The van der Waals surface area contributed by atoms with Crippen molar-refractivity contribution < 1.29 is 0 Å². The van der Waals surface area contributed by atoms with Crippen molar-refractivity contribution in [1.82, 2.24) is 9.78 Å². The zero-order chi connectivity index (χ0) is 8.10. The van der Waals surface area contributed by atoms with E-state index in [0.29, 0.717) is 5.88 Å². The Labute approximate surface area is 71.5 Å². The summed E-state index contributed by atoms with van der Waals surface area (Å²) in [6, 6.07) is 1.98. The molecule has 60 valence electrons. The first-order valence-corrected chi connectivity index (χ1v) is 4.07. The van der Waals surface area contributed by atoms with Gasteiger partial charge in [-0.15, -0.1) is 11.6 Å². The third-order valence-electron chi connectivity index (χ3n) is 1.32. The molecule has 0 amide bonds. The number of hydrogen-bond acceptors (Lipinski definition) is 1. The van der Waals surface area contributed by atoms with Crippen LogP contribution in [0.2, 0.25) is 0 Å². The van der Waals surface area contributed by atoms with Crippen LogP contribution in [0.3, 0.4) is 0 Å². The molecule has 0 aromatic carbocycles. The lowest BCUT2D eigenvalue weighted by Crippen LogP contribution is -1.95. The van der Waals surface area contributed by atoms with E-state index < -0.39 is 0 Å². The van der Waals surface area contributed by atoms with Crippen LogP contribution >= 0.6 is 11.6 Å². The van der Waals surface area contributed by atoms with Crippen molar-refractivity contribution in [3.05, 3.63) is 30.1 Å². The number of rotatable bonds is 3. The first-order valence-electron chi connectivity index (χ1n) is 3.54. The van der Waals surface area contributed by atoms with Gasteiger partial charge in [0.15, 0.2) is 0 Å². The van der Waals surface area contributed by atoms with E-state index in [4.69, 9.17) is 11.6 Å². The number of halogens is 1. The summed E-state index contributed by atoms with van der Waals surface area (Å²) in [5.41, 5.74) is 1.05. The minimum Gasteiger partial charge on any atom is -0.269 e. The van der Waals surface area contributed by atoms with Crippen LogP contribution in [0.4, 0.5) is 0 Å². The van der Waals surface area contributed by atoms with Gasteiger partial charge in [-0.05, 0) is 13.0 Å². The molecule has 0 saturated carbocycles. The van der Waals surface area contributed by atoms with Crippen LogP contribution in [-0.4, -0.2) is 15.7 Å². The second kappa shape index (κ2) is 4.19. The SMILES string of the molecule is Cc1ccn(CC=CCCl)n1. The molecule has 2 nitrogen and oxygen atoms in total. The predicted octanol–water partition coefficient (Wildman–Crippen LogP) is 1.99. The fourth-order valence-corrected chi connectivity index (χ4v) is 0.936. The average Bonchev–Trinajstić information content (AvgIpc) is 2.37. The van der Waals surface area contributed by atoms with Crippen LogP contribution in [0.25, 0.3) is 0 Å². The molecule has 0 radical (unpaired) electrons. The zero-order valence-corrected chi connectivity index (χ0v) is 7.25. The predicted molar refractivity (Wildman–Crippen MR) is 46.8 cm³/mol. The average molecular weight is 171 g/mol. The van der Waals surface area contributed by atoms with Gasteiger partial charge in [-0.2, -0.15) is 5.10 Å². The molecular formula is C8H11ClN2. The third-order valence-corrected chi connectivity index (χ3v) is 1.50. The topological polar surface area (TPSA) is 17.8 Å². The second-order valence-corrected chi connectivity index (χ2v) is 2.61. The Kier molecular flexibility index (Phi) is 3.17. The van der Waals surface area contributed by atoms with E-state index in [2.05, 4.69) is 5.10 Å². The van der Waals surface area contributed by atoms with E-state index >= 15 is 0 Å². The first kappa shape index (κ1) is 8.34. The lowest BCUT2D eigenvalue weighted by Gasteiger charge is -1.92. The Morgan fingerprint density at radius 2 is 2.45 bits per heavy atom. The van der Waals surface area contributed by atoms with E-state index in [9.17, 15) is 0 Å². The van der Waals surface area contributed by atoms with Gasteiger partial charge in [-0.1, -0.05) is 12.2 Å². The molecule has 0 atom stereocenters. The first-order chi connectivity index (χ1) is 5.33. The summed E-state index contributed by atoms with van der Waals surface area (Å²) in [5.74, 6) is 0.570. The van der Waals surface area contributed by atoms with Crippen LogP contribution in [0.5, 0.6) is 0 Å². The summed E-state index contributed by atoms with van der Waals surface area (Å²) in [4.78, 5) is 0. The van der Waals surface area contributed by atoms with E-state index in [1.165, 1.54) is 0 Å². The minimum atomic E-state index is 0.570. The van der Waals surface area contributed by atoms with Crippen molar-refractivity contribution in [2.75, 3.05) is 5.88 Å². The standard InChI is InChI=1S/C8H11ClN2/c1-8-4-7-11(10-8)6-3-2-5-9/h2-4,7H,5-6H2,1H3. The molecule has 0 aliphatic rings. The Balaban J connectivity index is 2.45. The smallest absolute Gasteiger partial charge is 0.0593 e. The third kappa shape index (κ3) is 2.76. The van der Waals surface area contributed by atoms with Gasteiger partial charge in [0.1, 0.15) is 0 Å². The fraction of sp³-hybridized carbons (Fsp3) is 0.375. The molecule has 0 bridgehead atoms. The summed E-state index contributed by atoms with van der Waals surface area (Å²) in [7, 11) is 0. The summed E-state index contributed by atoms with van der Waals surface area (Å²) in [6.45, 7) is 2.78. The highest BCUT2D eigenvalue weighted by atomic mass is 35.5. The van der Waals surface area contributed by atoms with E-state index in [-0.39, 0.29) is 0 Å². The van der Waals surface area contributed by atoms with Crippen LogP contribution in [0.1, 0.15) is 5.69 Å². The molecule has 0 aliphatic carbocycles. The second-order valence-electron chi connectivity index (χ2n) is 2.30. The molecule has 0 spiro atoms. The number of alkyl halides is 1. The number of aromatic nitrogens is 2. The quantitative estimate of drug-likeness (QED) is 0.501. The van der Waals surface area contributed by atoms with Crippen molar-refractivity contribution in [3.8, 4) is 0 Å². The monoisotopic (exact) mass is 170 g/mol. The van der Waals surface area contributed by atoms with Crippen LogP contribution in [-0.2, 0) is 6.54 Å². The fourth-order valence-electron chi connectivity index (χ4n) is 0.810. The van der Waals surface area contributed by atoms with E-state index in [0.717, 1.165) is 12.2 Å². The summed E-state index contributed by atoms with van der Waals surface area (Å²) in [6.07, 6.45) is 5.87. The molecule has 0 fully saturated rings. The molecule has 0 N–H and O–H groups in total. The Morgan fingerprint density at radius 3 is 3.00 bits per heavy atom. The molecular weight excluding hydrogens is 160 g/mol. The largest absolute Gasteiger partial charge is 0.269 e. The highest BCUT2D eigenvalue weighted by Gasteiger charge is 1.88. The molecule has 3 heteroatoms. The number of hydrogen-bond donors (Lipinski definition) is 0. The summed E-state index contributed by atoms with van der Waals surface area (Å²) >= 11 is 5.46. The highest BCUT2D eigenvalue weighted by molar-refractivity contribution is 6.18. The summed E-state index contributed by atoms with van der Waals surface area (Å²) in [5, 5.41) is 4.20. The van der Waals surface area contributed by atoms with Crippen molar-refractivity contribution >= 4 is 11.6 Å². The minimum absolute atomic E-state index is 0.570. The molecule has 1 heterocycles. The Bertz CT molecular complexity index is 240. The molecule has 1 aromatic heterocycles. The maximum Gasteiger partial charge on any atom is 0.0593 e. The maximum atomic E-state index is 5.46. The van der Waals surface area contributed by atoms with E-state index in [1.54, 1.807) is 0 Å².